The van der Waals surface area contributed by atoms with E-state index < -0.39 is 0 Å². The molecule has 82 valence electrons. The van der Waals surface area contributed by atoms with Crippen molar-refractivity contribution in [2.24, 2.45) is 0 Å². The fourth-order valence-corrected chi connectivity index (χ4v) is 1.82. The first kappa shape index (κ1) is 11.0. The molecule has 0 spiro atoms. The molecule has 0 saturated carbocycles. The molecule has 1 aromatic carbocycles. The molecule has 2 aromatic rings. The van der Waals surface area contributed by atoms with Gasteiger partial charge in [0.1, 0.15) is 5.76 Å². The highest BCUT2D eigenvalue weighted by Crippen LogP contribution is 2.23. The summed E-state index contributed by atoms with van der Waals surface area (Å²) in [6.07, 6.45) is 1.51. The normalized spacial score (nSPS) is 10.4. The lowest BCUT2D eigenvalue weighted by molar-refractivity contribution is 0.103. The molecule has 0 bridgehead atoms. The van der Waals surface area contributed by atoms with Gasteiger partial charge in [-0.05, 0) is 47.1 Å². The second-order valence-electron chi connectivity index (χ2n) is 3.46. The Morgan fingerprint density at radius 3 is 2.69 bits per heavy atom. The van der Waals surface area contributed by atoms with Gasteiger partial charge in [0.25, 0.3) is 0 Å². The van der Waals surface area contributed by atoms with Gasteiger partial charge < -0.3 is 10.2 Å². The van der Waals surface area contributed by atoms with Crippen molar-refractivity contribution in [3.63, 3.8) is 0 Å². The van der Waals surface area contributed by atoms with E-state index in [1.165, 1.54) is 6.26 Å². The lowest BCUT2D eigenvalue weighted by Crippen LogP contribution is -2.02. The smallest absolute Gasteiger partial charge is 0.196 e. The molecule has 1 aromatic heterocycles. The Kier molecular flexibility index (Phi) is 2.83. The summed E-state index contributed by atoms with van der Waals surface area (Å²) < 4.78 is 5.83. The van der Waals surface area contributed by atoms with Crippen LogP contribution in [0.2, 0.25) is 0 Å². The molecule has 0 saturated heterocycles. The molecule has 2 rings (SSSR count). The van der Waals surface area contributed by atoms with Gasteiger partial charge in [0.2, 0.25) is 0 Å². The number of nitrogen functional groups attached to an aromatic ring is 1. The molecule has 0 radical (unpaired) electrons. The first-order chi connectivity index (χ1) is 7.59. The van der Waals surface area contributed by atoms with Crippen LogP contribution < -0.4 is 5.73 Å². The van der Waals surface area contributed by atoms with Crippen molar-refractivity contribution in [1.29, 1.82) is 0 Å². The minimum Gasteiger partial charge on any atom is -0.469 e. The van der Waals surface area contributed by atoms with Crippen LogP contribution in [0.15, 0.2) is 39.4 Å². The van der Waals surface area contributed by atoms with Gasteiger partial charge in [-0.3, -0.25) is 4.79 Å². The Morgan fingerprint density at radius 1 is 1.38 bits per heavy atom. The lowest BCUT2D eigenvalue weighted by atomic mass is 10.0. The van der Waals surface area contributed by atoms with Gasteiger partial charge in [0.15, 0.2) is 5.78 Å². The van der Waals surface area contributed by atoms with Gasteiger partial charge >= 0.3 is 0 Å². The molecule has 2 N–H and O–H groups in total. The Bertz CT molecular complexity index is 546. The van der Waals surface area contributed by atoms with Gasteiger partial charge in [0, 0.05) is 15.7 Å². The molecule has 0 fully saturated rings. The molecular weight excluding hydrogens is 270 g/mol. The zero-order valence-corrected chi connectivity index (χ0v) is 10.2. The van der Waals surface area contributed by atoms with Crippen LogP contribution in [-0.4, -0.2) is 5.78 Å². The number of anilines is 1. The topological polar surface area (TPSA) is 56.2 Å². The van der Waals surface area contributed by atoms with Crippen LogP contribution in [0.1, 0.15) is 21.7 Å². The summed E-state index contributed by atoms with van der Waals surface area (Å²) in [7, 11) is 0. The Balaban J connectivity index is 2.42. The highest BCUT2D eigenvalue weighted by Gasteiger charge is 2.14. The predicted octanol–water partition coefficient (Wildman–Crippen LogP) is 3.16. The SMILES string of the molecule is Cc1occc1C(=O)c1ccc(N)c(Br)c1. The van der Waals surface area contributed by atoms with Crippen LogP contribution in [0.25, 0.3) is 0 Å². The fraction of sp³-hybridized carbons (Fsp3) is 0.0833. The van der Waals surface area contributed by atoms with Crippen LogP contribution in [0.4, 0.5) is 5.69 Å². The van der Waals surface area contributed by atoms with Gasteiger partial charge in [-0.1, -0.05) is 0 Å². The highest BCUT2D eigenvalue weighted by atomic mass is 79.9. The summed E-state index contributed by atoms with van der Waals surface area (Å²) >= 11 is 3.30. The molecule has 0 atom stereocenters. The van der Waals surface area contributed by atoms with Crippen molar-refractivity contribution in [1.82, 2.24) is 0 Å². The molecule has 1 heterocycles. The average Bonchev–Trinajstić information content (AvgIpc) is 2.67. The van der Waals surface area contributed by atoms with Gasteiger partial charge in [-0.25, -0.2) is 0 Å². The average molecular weight is 280 g/mol. The number of hydrogen-bond donors (Lipinski definition) is 1. The molecule has 0 aliphatic carbocycles. The predicted molar refractivity (Wildman–Crippen MR) is 65.4 cm³/mol. The second-order valence-corrected chi connectivity index (χ2v) is 4.31. The van der Waals surface area contributed by atoms with E-state index in [1.807, 2.05) is 0 Å². The molecule has 0 aliphatic heterocycles. The molecule has 0 aliphatic rings. The van der Waals surface area contributed by atoms with Crippen LogP contribution >= 0.6 is 15.9 Å². The third-order valence-electron chi connectivity index (χ3n) is 2.37. The monoisotopic (exact) mass is 279 g/mol. The van der Waals surface area contributed by atoms with E-state index in [2.05, 4.69) is 15.9 Å². The summed E-state index contributed by atoms with van der Waals surface area (Å²) in [5, 5.41) is 0. The fourth-order valence-electron chi connectivity index (χ4n) is 1.44. The van der Waals surface area contributed by atoms with Crippen molar-refractivity contribution < 1.29 is 9.21 Å². The quantitative estimate of drug-likeness (QED) is 0.679. The maximum atomic E-state index is 12.1. The van der Waals surface area contributed by atoms with E-state index in [9.17, 15) is 4.79 Å². The second kappa shape index (κ2) is 4.14. The number of hydrogen-bond acceptors (Lipinski definition) is 3. The van der Waals surface area contributed by atoms with E-state index in [0.29, 0.717) is 22.6 Å². The lowest BCUT2D eigenvalue weighted by Gasteiger charge is -2.02. The number of benzene rings is 1. The third kappa shape index (κ3) is 1.88. The number of furan rings is 1. The van der Waals surface area contributed by atoms with E-state index in [0.717, 1.165) is 4.47 Å². The minimum atomic E-state index is -0.0630. The van der Waals surface area contributed by atoms with Crippen molar-refractivity contribution in [2.45, 2.75) is 6.92 Å². The van der Waals surface area contributed by atoms with Gasteiger partial charge in [0.05, 0.1) is 11.8 Å². The molecule has 0 unspecified atom stereocenters. The summed E-state index contributed by atoms with van der Waals surface area (Å²) in [6, 6.07) is 6.79. The van der Waals surface area contributed by atoms with E-state index >= 15 is 0 Å². The summed E-state index contributed by atoms with van der Waals surface area (Å²) in [6.45, 7) is 1.76. The first-order valence-corrected chi connectivity index (χ1v) is 5.52. The first-order valence-electron chi connectivity index (χ1n) is 4.73. The molecule has 3 nitrogen and oxygen atoms in total. The van der Waals surface area contributed by atoms with Crippen molar-refractivity contribution in [2.75, 3.05) is 5.73 Å². The Morgan fingerprint density at radius 2 is 2.12 bits per heavy atom. The maximum Gasteiger partial charge on any atom is 0.196 e. The van der Waals surface area contributed by atoms with Crippen LogP contribution in [0.5, 0.6) is 0 Å². The third-order valence-corrected chi connectivity index (χ3v) is 3.05. The van der Waals surface area contributed by atoms with Crippen LogP contribution in [0.3, 0.4) is 0 Å². The number of ketones is 1. The number of carbonyl (C=O) groups excluding carboxylic acids is 1. The number of halogens is 1. The molecule has 16 heavy (non-hydrogen) atoms. The summed E-state index contributed by atoms with van der Waals surface area (Å²) in [4.78, 5) is 12.1. The number of nitrogens with two attached hydrogens (primary N) is 1. The molecular formula is C12H10BrNO2. The molecule has 0 amide bonds. The van der Waals surface area contributed by atoms with Crippen molar-refractivity contribution in [3.05, 3.63) is 51.9 Å². The standard InChI is InChI=1S/C12H10BrNO2/c1-7-9(4-5-16-7)12(15)8-2-3-11(14)10(13)6-8/h2-6H,14H2,1H3. The molecule has 4 heteroatoms. The zero-order chi connectivity index (χ0) is 11.7. The van der Waals surface area contributed by atoms with Gasteiger partial charge in [-0.2, -0.15) is 0 Å². The Hall–Kier alpha value is -1.55. The zero-order valence-electron chi connectivity index (χ0n) is 8.66. The number of carbonyl (C=O) groups is 1. The maximum absolute atomic E-state index is 12.1. The van der Waals surface area contributed by atoms with Crippen molar-refractivity contribution in [3.8, 4) is 0 Å². The minimum absolute atomic E-state index is 0.0630. The summed E-state index contributed by atoms with van der Waals surface area (Å²) in [5.41, 5.74) is 7.44. The summed E-state index contributed by atoms with van der Waals surface area (Å²) in [5.74, 6) is 0.560. The van der Waals surface area contributed by atoms with Crippen molar-refractivity contribution >= 4 is 27.4 Å². The van der Waals surface area contributed by atoms with E-state index in [-0.39, 0.29) is 5.78 Å². The van der Waals surface area contributed by atoms with E-state index in [4.69, 9.17) is 10.2 Å². The number of aryl methyl sites for hydroxylation is 1. The Labute approximate surface area is 101 Å². The van der Waals surface area contributed by atoms with Crippen LogP contribution in [-0.2, 0) is 0 Å². The van der Waals surface area contributed by atoms with Gasteiger partial charge in [-0.15, -0.1) is 0 Å². The highest BCUT2D eigenvalue weighted by molar-refractivity contribution is 9.10. The number of rotatable bonds is 2. The van der Waals surface area contributed by atoms with E-state index in [1.54, 1.807) is 31.2 Å². The largest absolute Gasteiger partial charge is 0.469 e. The van der Waals surface area contributed by atoms with Crippen LogP contribution in [0, 0.1) is 6.92 Å².